The van der Waals surface area contributed by atoms with Gasteiger partial charge in [0.1, 0.15) is 5.82 Å². The molecule has 2 fully saturated rings. The molecular formula is C34H43F3O. The fourth-order valence-electron chi connectivity index (χ4n) is 6.29. The van der Waals surface area contributed by atoms with Gasteiger partial charge in [0.05, 0.1) is 13.0 Å². The molecule has 0 unspecified atom stereocenters. The van der Waals surface area contributed by atoms with Crippen LogP contribution >= 0.6 is 0 Å². The maximum atomic E-state index is 14.8. The van der Waals surface area contributed by atoms with Crippen LogP contribution in [-0.2, 0) is 17.8 Å². The summed E-state index contributed by atoms with van der Waals surface area (Å²) in [6.07, 6.45) is 13.8. The second-order valence-electron chi connectivity index (χ2n) is 11.4. The van der Waals surface area contributed by atoms with Gasteiger partial charge in [-0.05, 0) is 118 Å². The van der Waals surface area contributed by atoms with E-state index in [1.54, 1.807) is 18.2 Å². The highest BCUT2D eigenvalue weighted by molar-refractivity contribution is 5.28. The number of ether oxygens (including phenoxy) is 1. The van der Waals surface area contributed by atoms with Gasteiger partial charge in [0, 0.05) is 5.56 Å². The second kappa shape index (κ2) is 13.6. The van der Waals surface area contributed by atoms with Gasteiger partial charge in [-0.15, -0.1) is 6.58 Å². The fourth-order valence-corrected chi connectivity index (χ4v) is 6.29. The summed E-state index contributed by atoms with van der Waals surface area (Å²) in [4.78, 5) is 0. The van der Waals surface area contributed by atoms with E-state index in [-0.39, 0.29) is 5.56 Å². The van der Waals surface area contributed by atoms with Gasteiger partial charge in [0.2, 0.25) is 0 Å². The average Bonchev–Trinajstić information content (AvgIpc) is 2.93. The van der Waals surface area contributed by atoms with Crippen molar-refractivity contribution < 1.29 is 17.9 Å². The van der Waals surface area contributed by atoms with Gasteiger partial charge < -0.3 is 4.74 Å². The molecule has 0 bridgehead atoms. The summed E-state index contributed by atoms with van der Waals surface area (Å²) in [5.41, 5.74) is 2.89. The molecule has 2 aromatic rings. The van der Waals surface area contributed by atoms with E-state index in [9.17, 15) is 13.2 Å². The quantitative estimate of drug-likeness (QED) is 0.266. The largest absolute Gasteiger partial charge is 0.360 e. The Morgan fingerprint density at radius 2 is 1.53 bits per heavy atom. The summed E-state index contributed by atoms with van der Waals surface area (Å²) in [6, 6.07) is 12.5. The second-order valence-corrected chi connectivity index (χ2v) is 11.4. The molecule has 0 spiro atoms. The smallest absolute Gasteiger partial charge is 0.315 e. The number of halogens is 3. The predicted molar refractivity (Wildman–Crippen MR) is 150 cm³/mol. The first-order valence-corrected chi connectivity index (χ1v) is 14.5. The molecule has 0 radical (unpaired) electrons. The van der Waals surface area contributed by atoms with Crippen LogP contribution in [0.1, 0.15) is 105 Å². The van der Waals surface area contributed by atoms with E-state index in [1.807, 2.05) is 24.3 Å². The number of hydrogen-bond acceptors (Lipinski definition) is 1. The Hall–Kier alpha value is -2.33. The fraction of sp³-hybridized carbons (Fsp3) is 0.529. The van der Waals surface area contributed by atoms with E-state index < -0.39 is 25.0 Å². The van der Waals surface area contributed by atoms with Crippen LogP contribution < -0.4 is 0 Å². The maximum absolute atomic E-state index is 14.8. The van der Waals surface area contributed by atoms with Gasteiger partial charge >= 0.3 is 6.11 Å². The Balaban J connectivity index is 1.25. The molecule has 4 rings (SSSR count). The summed E-state index contributed by atoms with van der Waals surface area (Å²) in [5, 5.41) is 0. The monoisotopic (exact) mass is 524 g/mol. The van der Waals surface area contributed by atoms with E-state index >= 15 is 0 Å². The highest BCUT2D eigenvalue weighted by Crippen LogP contribution is 2.39. The van der Waals surface area contributed by atoms with Crippen LogP contribution in [0, 0.1) is 17.7 Å². The van der Waals surface area contributed by atoms with E-state index in [0.717, 1.165) is 56.4 Å². The Kier molecular flexibility index (Phi) is 10.3. The number of benzene rings is 2. The summed E-state index contributed by atoms with van der Waals surface area (Å²) in [7, 11) is 0. The van der Waals surface area contributed by atoms with Crippen molar-refractivity contribution in [2.24, 2.45) is 11.8 Å². The predicted octanol–water partition coefficient (Wildman–Crippen LogP) is 10.3. The Morgan fingerprint density at radius 3 is 2.16 bits per heavy atom. The molecule has 0 aliphatic heterocycles. The normalized spacial score (nSPS) is 24.5. The molecule has 2 aliphatic carbocycles. The van der Waals surface area contributed by atoms with Crippen molar-refractivity contribution in [2.75, 3.05) is 0 Å². The lowest BCUT2D eigenvalue weighted by Crippen LogP contribution is -2.24. The van der Waals surface area contributed by atoms with Gasteiger partial charge in [-0.3, -0.25) is 0 Å². The molecule has 0 aromatic heterocycles. The van der Waals surface area contributed by atoms with Gasteiger partial charge in [-0.25, -0.2) is 4.39 Å². The van der Waals surface area contributed by atoms with Crippen LogP contribution in [0.3, 0.4) is 0 Å². The zero-order valence-electron chi connectivity index (χ0n) is 22.8. The standard InChI is InChI=1S/C34H43F3O/c1-3-5-6-7-26-10-16-30(17-11-26)31-20-21-32(33(35)22-31)24-38-34(36,37)23-27-12-18-29(19-13-27)28-14-8-25(4-2)9-15-28/h3-5,12-13,18-22,25-26,28,30H,2,6-11,14-17,23-24H2,1H3/b5-3+. The molecule has 2 aliphatic rings. The van der Waals surface area contributed by atoms with E-state index in [0.29, 0.717) is 23.3 Å². The van der Waals surface area contributed by atoms with Crippen LogP contribution in [-0.4, -0.2) is 6.11 Å². The zero-order chi connectivity index (χ0) is 27.0. The Bertz CT molecular complexity index is 1040. The molecule has 0 atom stereocenters. The molecule has 0 saturated heterocycles. The van der Waals surface area contributed by atoms with Crippen molar-refractivity contribution in [3.63, 3.8) is 0 Å². The number of allylic oxidation sites excluding steroid dienone is 3. The topological polar surface area (TPSA) is 9.23 Å². The van der Waals surface area contributed by atoms with Crippen molar-refractivity contribution >= 4 is 0 Å². The molecule has 2 saturated carbocycles. The molecule has 1 nitrogen and oxygen atoms in total. The van der Waals surface area contributed by atoms with Crippen molar-refractivity contribution in [1.82, 2.24) is 0 Å². The van der Waals surface area contributed by atoms with Crippen LogP contribution in [0.15, 0.2) is 67.3 Å². The maximum Gasteiger partial charge on any atom is 0.360 e. The molecule has 0 N–H and O–H groups in total. The number of hydrogen-bond donors (Lipinski definition) is 0. The van der Waals surface area contributed by atoms with Crippen LogP contribution in [0.5, 0.6) is 0 Å². The third-order valence-electron chi connectivity index (χ3n) is 8.78. The Labute approximate surface area is 227 Å². The third kappa shape index (κ3) is 8.09. The van der Waals surface area contributed by atoms with Crippen molar-refractivity contribution in [2.45, 2.75) is 102 Å². The molecular weight excluding hydrogens is 481 g/mol. The first kappa shape index (κ1) is 28.7. The van der Waals surface area contributed by atoms with Crippen LogP contribution in [0.2, 0.25) is 0 Å². The number of alkyl halides is 2. The van der Waals surface area contributed by atoms with E-state index in [2.05, 4.69) is 25.7 Å². The molecule has 38 heavy (non-hydrogen) atoms. The summed E-state index contributed by atoms with van der Waals surface area (Å²) >= 11 is 0. The summed E-state index contributed by atoms with van der Waals surface area (Å²) in [5.74, 6) is 1.72. The van der Waals surface area contributed by atoms with Gasteiger partial charge in [0.25, 0.3) is 0 Å². The molecule has 2 aromatic carbocycles. The van der Waals surface area contributed by atoms with E-state index in [4.69, 9.17) is 4.74 Å². The highest BCUT2D eigenvalue weighted by atomic mass is 19.3. The third-order valence-corrected chi connectivity index (χ3v) is 8.78. The molecule has 0 amide bonds. The first-order valence-electron chi connectivity index (χ1n) is 14.5. The van der Waals surface area contributed by atoms with E-state index in [1.165, 1.54) is 30.9 Å². The lowest BCUT2D eigenvalue weighted by Gasteiger charge is -2.29. The molecule has 4 heteroatoms. The van der Waals surface area contributed by atoms with Crippen molar-refractivity contribution in [3.05, 3.63) is 95.3 Å². The van der Waals surface area contributed by atoms with Crippen LogP contribution in [0.25, 0.3) is 0 Å². The minimum atomic E-state index is -3.36. The summed E-state index contributed by atoms with van der Waals surface area (Å²) < 4.78 is 49.0. The molecule has 206 valence electrons. The van der Waals surface area contributed by atoms with Crippen LogP contribution in [0.4, 0.5) is 13.2 Å². The highest BCUT2D eigenvalue weighted by Gasteiger charge is 2.31. The van der Waals surface area contributed by atoms with Gasteiger partial charge in [-0.2, -0.15) is 8.78 Å². The zero-order valence-corrected chi connectivity index (χ0v) is 22.8. The summed E-state index contributed by atoms with van der Waals surface area (Å²) in [6.45, 7) is 5.51. The minimum Gasteiger partial charge on any atom is -0.315 e. The average molecular weight is 525 g/mol. The SMILES string of the molecule is C=CC1CCC(c2ccc(CC(F)(F)OCc3ccc(C4CCC(CC/C=C/C)CC4)cc3F)cc2)CC1. The number of rotatable bonds is 11. The Morgan fingerprint density at radius 1 is 0.895 bits per heavy atom. The van der Waals surface area contributed by atoms with Crippen molar-refractivity contribution in [1.29, 1.82) is 0 Å². The lowest BCUT2D eigenvalue weighted by molar-refractivity contribution is -0.244. The minimum absolute atomic E-state index is 0.180. The van der Waals surface area contributed by atoms with Gasteiger partial charge in [-0.1, -0.05) is 54.6 Å². The molecule has 0 heterocycles. The van der Waals surface area contributed by atoms with Crippen molar-refractivity contribution in [3.8, 4) is 0 Å². The first-order chi connectivity index (χ1) is 18.4. The lowest BCUT2D eigenvalue weighted by atomic mass is 9.77. The van der Waals surface area contributed by atoms with Gasteiger partial charge in [0.15, 0.2) is 0 Å².